The van der Waals surface area contributed by atoms with E-state index in [0.29, 0.717) is 6.54 Å². The van der Waals surface area contributed by atoms with Gasteiger partial charge < -0.3 is 10.6 Å². The molecular weight excluding hydrogens is 243 g/mol. The molecule has 1 saturated carbocycles. The van der Waals surface area contributed by atoms with Crippen molar-refractivity contribution in [1.82, 2.24) is 4.90 Å². The normalized spacial score (nSPS) is 29.6. The van der Waals surface area contributed by atoms with Gasteiger partial charge in [-0.25, -0.2) is 4.39 Å². The van der Waals surface area contributed by atoms with Gasteiger partial charge in [0, 0.05) is 25.0 Å². The van der Waals surface area contributed by atoms with Gasteiger partial charge >= 0.3 is 0 Å². The van der Waals surface area contributed by atoms with Crippen LogP contribution in [0, 0.1) is 11.7 Å². The predicted octanol–water partition coefficient (Wildman–Crippen LogP) is 1.88. The van der Waals surface area contributed by atoms with Gasteiger partial charge in [-0.2, -0.15) is 0 Å². The second-order valence-electron chi connectivity index (χ2n) is 5.57. The summed E-state index contributed by atoms with van der Waals surface area (Å²) in [6.45, 7) is 1.37. The quantitative estimate of drug-likeness (QED) is 0.904. The molecule has 2 fully saturated rings. The average molecular weight is 262 g/mol. The molecule has 1 aliphatic heterocycles. The van der Waals surface area contributed by atoms with Crippen molar-refractivity contribution in [3.05, 3.63) is 35.6 Å². The zero-order valence-corrected chi connectivity index (χ0v) is 10.9. The Bertz CT molecular complexity index is 491. The van der Waals surface area contributed by atoms with Crippen LogP contribution in [0.4, 0.5) is 4.39 Å². The Morgan fingerprint density at radius 1 is 1.47 bits per heavy atom. The molecule has 1 aromatic rings. The van der Waals surface area contributed by atoms with Gasteiger partial charge in [0.25, 0.3) is 0 Å². The first-order valence-corrected chi connectivity index (χ1v) is 6.96. The van der Waals surface area contributed by atoms with Crippen LogP contribution < -0.4 is 5.73 Å². The summed E-state index contributed by atoms with van der Waals surface area (Å²) in [6, 6.07) is 6.81. The van der Waals surface area contributed by atoms with Gasteiger partial charge in [0.05, 0.1) is 0 Å². The molecule has 0 unspecified atom stereocenters. The summed E-state index contributed by atoms with van der Waals surface area (Å²) in [7, 11) is 0. The SMILES string of the molecule is NC[C@@H]1CCCN1C(=O)[C@@H]1C[C@@H]1c1cccc(F)c1. The van der Waals surface area contributed by atoms with E-state index in [2.05, 4.69) is 0 Å². The molecule has 1 heterocycles. The van der Waals surface area contributed by atoms with Gasteiger partial charge in [0.2, 0.25) is 5.91 Å². The molecule has 0 spiro atoms. The Kier molecular flexibility index (Phi) is 3.27. The molecule has 0 radical (unpaired) electrons. The fraction of sp³-hybridized carbons (Fsp3) is 0.533. The smallest absolute Gasteiger partial charge is 0.226 e. The van der Waals surface area contributed by atoms with Gasteiger partial charge in [-0.15, -0.1) is 0 Å². The number of carbonyl (C=O) groups is 1. The van der Waals surface area contributed by atoms with Gasteiger partial charge in [-0.3, -0.25) is 4.79 Å². The number of amides is 1. The number of hydrogen-bond donors (Lipinski definition) is 1. The van der Waals surface area contributed by atoms with E-state index in [-0.39, 0.29) is 29.6 Å². The molecule has 4 heteroatoms. The van der Waals surface area contributed by atoms with Crippen LogP contribution in [0.3, 0.4) is 0 Å². The van der Waals surface area contributed by atoms with Crippen molar-refractivity contribution in [2.75, 3.05) is 13.1 Å². The van der Waals surface area contributed by atoms with Crippen LogP contribution >= 0.6 is 0 Å². The highest BCUT2D eigenvalue weighted by atomic mass is 19.1. The molecule has 1 aromatic carbocycles. The molecule has 3 rings (SSSR count). The standard InChI is InChI=1S/C15H19FN2O/c16-11-4-1-3-10(7-11)13-8-14(13)15(19)18-6-2-5-12(18)9-17/h1,3-4,7,12-14H,2,5-6,8-9,17H2/t12-,13+,14+/m0/s1. The monoisotopic (exact) mass is 262 g/mol. The topological polar surface area (TPSA) is 46.3 Å². The van der Waals surface area contributed by atoms with Crippen LogP contribution in [0.2, 0.25) is 0 Å². The largest absolute Gasteiger partial charge is 0.338 e. The lowest BCUT2D eigenvalue weighted by atomic mass is 10.1. The van der Waals surface area contributed by atoms with E-state index in [1.165, 1.54) is 6.07 Å². The third kappa shape index (κ3) is 2.37. The maximum Gasteiger partial charge on any atom is 0.226 e. The van der Waals surface area contributed by atoms with Gasteiger partial charge in [0.1, 0.15) is 5.82 Å². The Labute approximate surface area is 112 Å². The molecule has 1 saturated heterocycles. The average Bonchev–Trinajstić information content (AvgIpc) is 3.07. The summed E-state index contributed by atoms with van der Waals surface area (Å²) in [5.74, 6) is 0.218. The summed E-state index contributed by atoms with van der Waals surface area (Å²) >= 11 is 0. The minimum Gasteiger partial charge on any atom is -0.338 e. The highest BCUT2D eigenvalue weighted by Gasteiger charge is 2.47. The van der Waals surface area contributed by atoms with E-state index in [0.717, 1.165) is 31.4 Å². The zero-order chi connectivity index (χ0) is 13.4. The van der Waals surface area contributed by atoms with E-state index in [1.54, 1.807) is 12.1 Å². The first-order valence-electron chi connectivity index (χ1n) is 6.96. The second-order valence-corrected chi connectivity index (χ2v) is 5.57. The number of likely N-dealkylation sites (tertiary alicyclic amines) is 1. The molecule has 102 valence electrons. The highest BCUT2D eigenvalue weighted by Crippen LogP contribution is 2.49. The molecule has 3 atom stereocenters. The van der Waals surface area contributed by atoms with Crippen LogP contribution in [0.25, 0.3) is 0 Å². The maximum atomic E-state index is 13.2. The maximum absolute atomic E-state index is 13.2. The summed E-state index contributed by atoms with van der Waals surface area (Å²) < 4.78 is 13.2. The van der Waals surface area contributed by atoms with E-state index < -0.39 is 0 Å². The van der Waals surface area contributed by atoms with E-state index >= 15 is 0 Å². The lowest BCUT2D eigenvalue weighted by molar-refractivity contribution is -0.133. The van der Waals surface area contributed by atoms with E-state index in [1.807, 2.05) is 11.0 Å². The van der Waals surface area contributed by atoms with Gasteiger partial charge in [0.15, 0.2) is 0 Å². The summed E-state index contributed by atoms with van der Waals surface area (Å²) in [4.78, 5) is 14.4. The van der Waals surface area contributed by atoms with Crippen molar-refractivity contribution in [1.29, 1.82) is 0 Å². The predicted molar refractivity (Wildman–Crippen MR) is 71.0 cm³/mol. The lowest BCUT2D eigenvalue weighted by Crippen LogP contribution is -2.40. The Hall–Kier alpha value is -1.42. The highest BCUT2D eigenvalue weighted by molar-refractivity contribution is 5.83. The van der Waals surface area contributed by atoms with Crippen molar-refractivity contribution in [3.63, 3.8) is 0 Å². The Balaban J connectivity index is 1.68. The Morgan fingerprint density at radius 2 is 2.32 bits per heavy atom. The second kappa shape index (κ2) is 4.93. The molecule has 1 amide bonds. The molecule has 2 aliphatic rings. The van der Waals surface area contributed by atoms with Crippen molar-refractivity contribution in [2.45, 2.75) is 31.2 Å². The fourth-order valence-corrected chi connectivity index (χ4v) is 3.16. The van der Waals surface area contributed by atoms with Gasteiger partial charge in [-0.1, -0.05) is 12.1 Å². The van der Waals surface area contributed by atoms with E-state index in [9.17, 15) is 9.18 Å². The molecule has 0 bridgehead atoms. The van der Waals surface area contributed by atoms with Crippen LogP contribution in [-0.2, 0) is 4.79 Å². The summed E-state index contributed by atoms with van der Waals surface area (Å²) in [5, 5.41) is 0. The summed E-state index contributed by atoms with van der Waals surface area (Å²) in [5.41, 5.74) is 6.65. The Morgan fingerprint density at radius 3 is 3.05 bits per heavy atom. The van der Waals surface area contributed by atoms with Crippen LogP contribution in [0.15, 0.2) is 24.3 Å². The number of benzene rings is 1. The minimum absolute atomic E-state index is 0.0361. The first-order chi connectivity index (χ1) is 9.20. The number of halogens is 1. The third-order valence-corrected chi connectivity index (χ3v) is 4.32. The number of hydrogen-bond acceptors (Lipinski definition) is 2. The molecular formula is C15H19FN2O. The minimum atomic E-state index is -0.225. The van der Waals surface area contributed by atoms with Crippen molar-refractivity contribution >= 4 is 5.91 Å². The molecule has 2 N–H and O–H groups in total. The summed E-state index contributed by atoms with van der Waals surface area (Å²) in [6.07, 6.45) is 2.90. The number of nitrogens with zero attached hydrogens (tertiary/aromatic N) is 1. The van der Waals surface area contributed by atoms with Crippen molar-refractivity contribution in [2.24, 2.45) is 11.7 Å². The third-order valence-electron chi connectivity index (χ3n) is 4.32. The molecule has 1 aliphatic carbocycles. The zero-order valence-electron chi connectivity index (χ0n) is 10.9. The number of nitrogens with two attached hydrogens (primary N) is 1. The first kappa shape index (κ1) is 12.6. The molecule has 3 nitrogen and oxygen atoms in total. The van der Waals surface area contributed by atoms with Crippen LogP contribution in [-0.4, -0.2) is 29.9 Å². The van der Waals surface area contributed by atoms with Gasteiger partial charge in [-0.05, 0) is 42.9 Å². The fourth-order valence-electron chi connectivity index (χ4n) is 3.16. The number of rotatable bonds is 3. The van der Waals surface area contributed by atoms with Crippen molar-refractivity contribution in [3.8, 4) is 0 Å². The van der Waals surface area contributed by atoms with Crippen LogP contribution in [0.1, 0.15) is 30.7 Å². The van der Waals surface area contributed by atoms with E-state index in [4.69, 9.17) is 5.73 Å². The van der Waals surface area contributed by atoms with Crippen molar-refractivity contribution < 1.29 is 9.18 Å². The molecule has 19 heavy (non-hydrogen) atoms. The number of carbonyl (C=O) groups excluding carboxylic acids is 1. The lowest BCUT2D eigenvalue weighted by Gasteiger charge is -2.23. The molecule has 0 aromatic heterocycles. The van der Waals surface area contributed by atoms with Crippen LogP contribution in [0.5, 0.6) is 0 Å².